The highest BCUT2D eigenvalue weighted by Crippen LogP contribution is 2.34. The molecule has 0 bridgehead atoms. The Hall–Kier alpha value is -3.27. The summed E-state index contributed by atoms with van der Waals surface area (Å²) in [5, 5.41) is 2.88. The lowest BCUT2D eigenvalue weighted by atomic mass is 10.1. The number of hydrogen-bond acceptors (Lipinski definition) is 6. The summed E-state index contributed by atoms with van der Waals surface area (Å²) < 4.78 is 37.8. The minimum atomic E-state index is -3.84. The number of nitrogens with zero attached hydrogens (tertiary/aromatic N) is 2. The molecule has 36 heavy (non-hydrogen) atoms. The van der Waals surface area contributed by atoms with Crippen LogP contribution in [0, 0.1) is 6.92 Å². The number of fused-ring (bicyclic) bond motifs is 1. The number of carbonyl (C=O) groups is 2. The Morgan fingerprint density at radius 3 is 2.33 bits per heavy atom. The average molecular weight is 518 g/mol. The van der Waals surface area contributed by atoms with E-state index in [-0.39, 0.29) is 24.2 Å². The molecule has 0 fully saturated rings. The molecule has 1 aliphatic rings. The van der Waals surface area contributed by atoms with Crippen molar-refractivity contribution < 1.29 is 27.5 Å². The Balaban J connectivity index is 1.97. The standard InChI is InChI=1S/C26H35N3O6S/c1-6-22(26(31)27-18(2)3)28(16-20-10-8-7-9-19(20)4)25(30)17-29(36(5,32)33)21-11-12-23-24(15-21)35-14-13-34-23/h7-12,15,18,22H,6,13-14,16-17H2,1-5H3,(H,27,31)/t22-/m1/s1. The van der Waals surface area contributed by atoms with E-state index in [9.17, 15) is 18.0 Å². The van der Waals surface area contributed by atoms with Crippen LogP contribution in [0.3, 0.4) is 0 Å². The van der Waals surface area contributed by atoms with Crippen LogP contribution in [0.4, 0.5) is 5.69 Å². The van der Waals surface area contributed by atoms with Crippen LogP contribution in [0.25, 0.3) is 0 Å². The number of carbonyl (C=O) groups excluding carboxylic acids is 2. The Morgan fingerprint density at radius 2 is 1.72 bits per heavy atom. The topological polar surface area (TPSA) is 105 Å². The van der Waals surface area contributed by atoms with Crippen molar-refractivity contribution in [3.63, 3.8) is 0 Å². The zero-order chi connectivity index (χ0) is 26.5. The molecule has 1 aliphatic heterocycles. The van der Waals surface area contributed by atoms with Crippen molar-refractivity contribution in [3.05, 3.63) is 53.6 Å². The zero-order valence-corrected chi connectivity index (χ0v) is 22.3. The highest BCUT2D eigenvalue weighted by molar-refractivity contribution is 7.92. The molecule has 2 amide bonds. The minimum absolute atomic E-state index is 0.104. The Morgan fingerprint density at radius 1 is 1.06 bits per heavy atom. The van der Waals surface area contributed by atoms with Gasteiger partial charge in [-0.3, -0.25) is 13.9 Å². The van der Waals surface area contributed by atoms with Crippen LogP contribution in [0.5, 0.6) is 11.5 Å². The minimum Gasteiger partial charge on any atom is -0.486 e. The van der Waals surface area contributed by atoms with Gasteiger partial charge in [-0.05, 0) is 50.5 Å². The second-order valence-corrected chi connectivity index (χ2v) is 11.0. The highest BCUT2D eigenvalue weighted by atomic mass is 32.2. The van der Waals surface area contributed by atoms with Crippen LogP contribution in [-0.4, -0.2) is 63.2 Å². The third kappa shape index (κ3) is 6.69. The fourth-order valence-corrected chi connectivity index (χ4v) is 4.91. The quantitative estimate of drug-likeness (QED) is 0.520. The van der Waals surface area contributed by atoms with E-state index in [0.717, 1.165) is 21.7 Å². The summed E-state index contributed by atoms with van der Waals surface area (Å²) in [6, 6.07) is 11.5. The van der Waals surface area contributed by atoms with Gasteiger partial charge in [-0.2, -0.15) is 0 Å². The SMILES string of the molecule is CC[C@H](C(=O)NC(C)C)N(Cc1ccccc1C)C(=O)CN(c1ccc2c(c1)OCCO2)S(C)(=O)=O. The van der Waals surface area contributed by atoms with Gasteiger partial charge < -0.3 is 19.7 Å². The van der Waals surface area contributed by atoms with Crippen LogP contribution in [-0.2, 0) is 26.2 Å². The van der Waals surface area contributed by atoms with Crippen molar-refractivity contribution in [1.29, 1.82) is 0 Å². The van der Waals surface area contributed by atoms with Gasteiger partial charge in [0.1, 0.15) is 25.8 Å². The van der Waals surface area contributed by atoms with Gasteiger partial charge in [-0.15, -0.1) is 0 Å². The molecule has 2 aromatic rings. The van der Waals surface area contributed by atoms with E-state index < -0.39 is 28.5 Å². The first-order valence-corrected chi connectivity index (χ1v) is 13.9. The lowest BCUT2D eigenvalue weighted by Gasteiger charge is -2.33. The van der Waals surface area contributed by atoms with Gasteiger partial charge in [-0.25, -0.2) is 8.42 Å². The summed E-state index contributed by atoms with van der Waals surface area (Å²) in [5.74, 6) is 0.172. The number of aryl methyl sites for hydroxylation is 1. The van der Waals surface area contributed by atoms with E-state index in [0.29, 0.717) is 31.1 Å². The first kappa shape index (κ1) is 27.3. The number of nitrogens with one attached hydrogen (secondary N) is 1. The first-order chi connectivity index (χ1) is 17.0. The molecule has 0 spiro atoms. The van der Waals surface area contributed by atoms with Crippen LogP contribution in [0.1, 0.15) is 38.3 Å². The summed E-state index contributed by atoms with van der Waals surface area (Å²) >= 11 is 0. The molecule has 0 unspecified atom stereocenters. The van der Waals surface area contributed by atoms with E-state index in [1.807, 2.05) is 52.0 Å². The summed E-state index contributed by atoms with van der Waals surface area (Å²) in [5.41, 5.74) is 2.14. The fraction of sp³-hybridized carbons (Fsp3) is 0.462. The number of sulfonamides is 1. The number of benzene rings is 2. The first-order valence-electron chi connectivity index (χ1n) is 12.0. The predicted octanol–water partition coefficient (Wildman–Crippen LogP) is 2.86. The number of anilines is 1. The van der Waals surface area contributed by atoms with E-state index >= 15 is 0 Å². The molecule has 10 heteroatoms. The molecular formula is C26H35N3O6S. The van der Waals surface area contributed by atoms with E-state index in [1.54, 1.807) is 18.2 Å². The van der Waals surface area contributed by atoms with Gasteiger partial charge in [0, 0.05) is 18.7 Å². The Kier molecular flexibility index (Phi) is 8.84. The number of hydrogen-bond donors (Lipinski definition) is 1. The van der Waals surface area contributed by atoms with E-state index in [2.05, 4.69) is 5.32 Å². The molecule has 1 N–H and O–H groups in total. The molecule has 0 aliphatic carbocycles. The van der Waals surface area contributed by atoms with Crippen molar-refractivity contribution >= 4 is 27.5 Å². The summed E-state index contributed by atoms with van der Waals surface area (Å²) in [4.78, 5) is 28.3. The highest BCUT2D eigenvalue weighted by Gasteiger charge is 2.32. The molecule has 0 saturated carbocycles. The maximum atomic E-state index is 13.8. The van der Waals surface area contributed by atoms with Crippen molar-refractivity contribution in [2.75, 3.05) is 30.3 Å². The maximum absolute atomic E-state index is 13.8. The van der Waals surface area contributed by atoms with Crippen LogP contribution >= 0.6 is 0 Å². The molecule has 9 nitrogen and oxygen atoms in total. The van der Waals surface area contributed by atoms with Crippen LogP contribution in [0.2, 0.25) is 0 Å². The van der Waals surface area contributed by atoms with Gasteiger partial charge in [-0.1, -0.05) is 31.2 Å². The van der Waals surface area contributed by atoms with E-state index in [4.69, 9.17) is 9.47 Å². The zero-order valence-electron chi connectivity index (χ0n) is 21.5. The van der Waals surface area contributed by atoms with Gasteiger partial charge in [0.2, 0.25) is 21.8 Å². The van der Waals surface area contributed by atoms with Gasteiger partial charge in [0.25, 0.3) is 0 Å². The smallest absolute Gasteiger partial charge is 0.244 e. The molecule has 0 radical (unpaired) electrons. The number of amides is 2. The van der Waals surface area contributed by atoms with Gasteiger partial charge in [0.05, 0.1) is 11.9 Å². The number of rotatable bonds is 10. The lowest BCUT2D eigenvalue weighted by Crippen LogP contribution is -2.53. The molecular weight excluding hydrogens is 482 g/mol. The van der Waals surface area contributed by atoms with Gasteiger partial charge >= 0.3 is 0 Å². The molecule has 196 valence electrons. The summed E-state index contributed by atoms with van der Waals surface area (Å²) in [6.45, 7) is 7.94. The van der Waals surface area contributed by atoms with Crippen LogP contribution in [0.15, 0.2) is 42.5 Å². The molecule has 1 heterocycles. The third-order valence-corrected chi connectivity index (χ3v) is 7.05. The van der Waals surface area contributed by atoms with Crippen molar-refractivity contribution in [3.8, 4) is 11.5 Å². The Labute approximate surface area is 213 Å². The third-order valence-electron chi connectivity index (χ3n) is 5.91. The second-order valence-electron chi connectivity index (χ2n) is 9.13. The lowest BCUT2D eigenvalue weighted by molar-refractivity contribution is -0.140. The van der Waals surface area contributed by atoms with Crippen molar-refractivity contribution in [2.45, 2.75) is 52.7 Å². The van der Waals surface area contributed by atoms with Crippen molar-refractivity contribution in [1.82, 2.24) is 10.2 Å². The molecule has 1 atom stereocenters. The summed E-state index contributed by atoms with van der Waals surface area (Å²) in [7, 11) is -3.84. The summed E-state index contributed by atoms with van der Waals surface area (Å²) in [6.07, 6.45) is 1.42. The predicted molar refractivity (Wildman–Crippen MR) is 139 cm³/mol. The molecule has 2 aromatic carbocycles. The van der Waals surface area contributed by atoms with Gasteiger partial charge in [0.15, 0.2) is 11.5 Å². The second kappa shape index (κ2) is 11.6. The molecule has 0 aromatic heterocycles. The van der Waals surface area contributed by atoms with Crippen molar-refractivity contribution in [2.24, 2.45) is 0 Å². The molecule has 3 rings (SSSR count). The maximum Gasteiger partial charge on any atom is 0.244 e. The average Bonchev–Trinajstić information content (AvgIpc) is 2.82. The fourth-order valence-electron chi connectivity index (χ4n) is 4.07. The largest absolute Gasteiger partial charge is 0.486 e. The number of ether oxygens (including phenoxy) is 2. The Bertz CT molecular complexity index is 1200. The van der Waals surface area contributed by atoms with E-state index in [1.165, 1.54) is 4.90 Å². The molecule has 0 saturated heterocycles. The monoisotopic (exact) mass is 517 g/mol. The van der Waals surface area contributed by atoms with Crippen LogP contribution < -0.4 is 19.1 Å². The normalized spacial score (nSPS) is 13.7.